The number of amides is 1. The van der Waals surface area contributed by atoms with E-state index in [2.05, 4.69) is 15.9 Å². The molecule has 0 saturated heterocycles. The second-order valence-electron chi connectivity index (χ2n) is 7.07. The third kappa shape index (κ3) is 4.22. The van der Waals surface area contributed by atoms with E-state index in [1.807, 2.05) is 60.7 Å². The lowest BCUT2D eigenvalue weighted by atomic mass is 10.1. The third-order valence-electron chi connectivity index (χ3n) is 5.08. The monoisotopic (exact) mass is 489 g/mol. The van der Waals surface area contributed by atoms with Gasteiger partial charge in [-0.2, -0.15) is 0 Å². The van der Waals surface area contributed by atoms with Crippen LogP contribution >= 0.6 is 15.9 Å². The Morgan fingerprint density at radius 2 is 1.75 bits per heavy atom. The second kappa shape index (κ2) is 9.24. The summed E-state index contributed by atoms with van der Waals surface area (Å²) in [6.07, 6.45) is 3.69. The van der Waals surface area contributed by atoms with Crippen LogP contribution < -0.4 is 9.64 Å². The van der Waals surface area contributed by atoms with Gasteiger partial charge in [-0.25, -0.2) is 4.79 Å². The molecule has 0 radical (unpaired) electrons. The van der Waals surface area contributed by atoms with Crippen molar-refractivity contribution in [1.29, 1.82) is 0 Å². The molecule has 4 rings (SSSR count). The molecule has 0 saturated carbocycles. The van der Waals surface area contributed by atoms with E-state index in [0.717, 1.165) is 21.3 Å². The maximum Gasteiger partial charge on any atom is 0.337 e. The molecular formula is C26H20BrNO4. The molecule has 0 atom stereocenters. The number of rotatable bonds is 5. The molecule has 0 aliphatic carbocycles. The van der Waals surface area contributed by atoms with E-state index < -0.39 is 5.97 Å². The molecule has 1 aliphatic heterocycles. The molecule has 0 spiro atoms. The first kappa shape index (κ1) is 21.6. The van der Waals surface area contributed by atoms with E-state index in [1.165, 1.54) is 7.11 Å². The highest BCUT2D eigenvalue weighted by atomic mass is 79.9. The van der Waals surface area contributed by atoms with Gasteiger partial charge in [0.15, 0.2) is 0 Å². The molecule has 6 heteroatoms. The summed E-state index contributed by atoms with van der Waals surface area (Å²) in [5, 5.41) is 0. The molecule has 3 aromatic carbocycles. The van der Waals surface area contributed by atoms with Crippen LogP contribution in [0.4, 0.5) is 5.69 Å². The topological polar surface area (TPSA) is 55.8 Å². The van der Waals surface area contributed by atoms with Crippen molar-refractivity contribution in [3.8, 4) is 5.75 Å². The Kier molecular flexibility index (Phi) is 6.23. The van der Waals surface area contributed by atoms with Gasteiger partial charge in [0.2, 0.25) is 0 Å². The van der Waals surface area contributed by atoms with Crippen LogP contribution in [0, 0.1) is 0 Å². The molecule has 0 bridgehead atoms. The maximum atomic E-state index is 13.5. The van der Waals surface area contributed by atoms with Gasteiger partial charge in [0.05, 0.1) is 35.6 Å². The molecule has 0 aromatic heterocycles. The van der Waals surface area contributed by atoms with Crippen molar-refractivity contribution in [2.75, 3.05) is 19.1 Å². The number of halogens is 1. The van der Waals surface area contributed by atoms with Gasteiger partial charge < -0.3 is 9.47 Å². The maximum absolute atomic E-state index is 13.5. The fourth-order valence-electron chi connectivity index (χ4n) is 3.53. The van der Waals surface area contributed by atoms with Gasteiger partial charge >= 0.3 is 5.97 Å². The highest BCUT2D eigenvalue weighted by Crippen LogP contribution is 2.36. The number of methoxy groups -OCH3 is 2. The number of hydrogen-bond acceptors (Lipinski definition) is 4. The van der Waals surface area contributed by atoms with Gasteiger partial charge in [-0.1, -0.05) is 42.5 Å². The van der Waals surface area contributed by atoms with Crippen molar-refractivity contribution in [3.63, 3.8) is 0 Å². The van der Waals surface area contributed by atoms with E-state index in [-0.39, 0.29) is 5.91 Å². The zero-order valence-electron chi connectivity index (χ0n) is 17.5. The summed E-state index contributed by atoms with van der Waals surface area (Å²) in [6, 6.07) is 22.2. The normalized spacial score (nSPS) is 14.5. The number of benzene rings is 3. The van der Waals surface area contributed by atoms with E-state index in [4.69, 9.17) is 9.47 Å². The first-order valence-corrected chi connectivity index (χ1v) is 10.7. The zero-order valence-corrected chi connectivity index (χ0v) is 19.1. The summed E-state index contributed by atoms with van der Waals surface area (Å²) in [6.45, 7) is 0. The number of anilines is 1. The first-order valence-electron chi connectivity index (χ1n) is 9.87. The Labute approximate surface area is 194 Å². The fraction of sp³-hybridized carbons (Fsp3) is 0.0769. The highest BCUT2D eigenvalue weighted by molar-refractivity contribution is 9.10. The Balaban J connectivity index is 1.80. The SMILES string of the molecule is COC(=O)c1cccc(N2C(=O)/C(=C/c3ccc(OC)c(Br)c3)C=C2c2ccccc2)c1. The largest absolute Gasteiger partial charge is 0.496 e. The van der Waals surface area contributed by atoms with Crippen molar-refractivity contribution in [2.45, 2.75) is 0 Å². The van der Waals surface area contributed by atoms with Crippen molar-refractivity contribution in [2.24, 2.45) is 0 Å². The number of ether oxygens (including phenoxy) is 2. The fourth-order valence-corrected chi connectivity index (χ4v) is 4.09. The molecule has 32 heavy (non-hydrogen) atoms. The van der Waals surface area contributed by atoms with Gasteiger partial charge in [0.25, 0.3) is 5.91 Å². The summed E-state index contributed by atoms with van der Waals surface area (Å²) in [7, 11) is 2.94. The standard InChI is InChI=1S/C26H20BrNO4/c1-31-24-12-11-17(14-22(24)27)13-20-16-23(18-7-4-3-5-8-18)28(25(20)29)21-10-6-9-19(15-21)26(30)32-2/h3-16H,1-2H3/b20-13+. The number of esters is 1. The minimum absolute atomic E-state index is 0.183. The van der Waals surface area contributed by atoms with Gasteiger partial charge in [-0.3, -0.25) is 9.69 Å². The molecule has 0 fully saturated rings. The molecule has 1 amide bonds. The van der Waals surface area contributed by atoms with Crippen LogP contribution in [0.25, 0.3) is 11.8 Å². The molecular weight excluding hydrogens is 470 g/mol. The molecule has 0 N–H and O–H groups in total. The smallest absolute Gasteiger partial charge is 0.337 e. The highest BCUT2D eigenvalue weighted by Gasteiger charge is 2.30. The lowest BCUT2D eigenvalue weighted by Crippen LogP contribution is -2.25. The summed E-state index contributed by atoms with van der Waals surface area (Å²) in [5.41, 5.74) is 3.98. The molecule has 1 aliphatic rings. The number of carbonyl (C=O) groups is 2. The average Bonchev–Trinajstić information content (AvgIpc) is 3.15. The molecule has 0 unspecified atom stereocenters. The van der Waals surface area contributed by atoms with E-state index >= 15 is 0 Å². The van der Waals surface area contributed by atoms with Crippen LogP contribution in [0.5, 0.6) is 5.75 Å². The van der Waals surface area contributed by atoms with E-state index in [9.17, 15) is 9.59 Å². The van der Waals surface area contributed by atoms with Crippen molar-refractivity contribution < 1.29 is 19.1 Å². The van der Waals surface area contributed by atoms with Crippen molar-refractivity contribution in [3.05, 3.63) is 106 Å². The number of nitrogens with zero attached hydrogens (tertiary/aromatic N) is 1. The van der Waals surface area contributed by atoms with E-state index in [0.29, 0.717) is 22.6 Å². The minimum Gasteiger partial charge on any atom is -0.496 e. The van der Waals surface area contributed by atoms with Crippen LogP contribution in [-0.4, -0.2) is 26.1 Å². The summed E-state index contributed by atoms with van der Waals surface area (Å²) < 4.78 is 10.9. The Hall–Kier alpha value is -3.64. The van der Waals surface area contributed by atoms with Gasteiger partial charge in [0.1, 0.15) is 5.75 Å². The second-order valence-corrected chi connectivity index (χ2v) is 7.93. The average molecular weight is 490 g/mol. The van der Waals surface area contributed by atoms with Crippen LogP contribution in [0.2, 0.25) is 0 Å². The minimum atomic E-state index is -0.456. The lowest BCUT2D eigenvalue weighted by Gasteiger charge is -2.21. The van der Waals surface area contributed by atoms with Crippen molar-refractivity contribution in [1.82, 2.24) is 0 Å². The van der Waals surface area contributed by atoms with Crippen LogP contribution in [0.1, 0.15) is 21.5 Å². The quantitative estimate of drug-likeness (QED) is 0.340. The Bertz CT molecular complexity index is 1250. The molecule has 160 valence electrons. The van der Waals surface area contributed by atoms with Gasteiger partial charge in [-0.15, -0.1) is 0 Å². The van der Waals surface area contributed by atoms with Gasteiger partial charge in [0, 0.05) is 5.57 Å². The van der Waals surface area contributed by atoms with Crippen molar-refractivity contribution >= 4 is 45.3 Å². The molecule has 1 heterocycles. The number of hydrogen-bond donors (Lipinski definition) is 0. The Morgan fingerprint density at radius 1 is 0.969 bits per heavy atom. The van der Waals surface area contributed by atoms with Crippen LogP contribution in [0.15, 0.2) is 88.9 Å². The number of carbonyl (C=O) groups excluding carboxylic acids is 2. The summed E-state index contributed by atoms with van der Waals surface area (Å²) in [4.78, 5) is 27.2. The van der Waals surface area contributed by atoms with Gasteiger partial charge in [-0.05, 0) is 69.5 Å². The van der Waals surface area contributed by atoms with E-state index in [1.54, 1.807) is 36.3 Å². The Morgan fingerprint density at radius 3 is 2.44 bits per heavy atom. The predicted molar refractivity (Wildman–Crippen MR) is 128 cm³/mol. The molecule has 3 aromatic rings. The zero-order chi connectivity index (χ0) is 22.7. The van der Waals surface area contributed by atoms with Crippen LogP contribution in [0.3, 0.4) is 0 Å². The molecule has 5 nitrogen and oxygen atoms in total. The first-order chi connectivity index (χ1) is 15.5. The third-order valence-corrected chi connectivity index (χ3v) is 5.70. The summed E-state index contributed by atoms with van der Waals surface area (Å²) in [5.74, 6) is 0.0760. The predicted octanol–water partition coefficient (Wildman–Crippen LogP) is 5.72. The summed E-state index contributed by atoms with van der Waals surface area (Å²) >= 11 is 3.49. The van der Waals surface area contributed by atoms with Crippen LogP contribution in [-0.2, 0) is 9.53 Å². The lowest BCUT2D eigenvalue weighted by molar-refractivity contribution is -0.113.